The van der Waals surface area contributed by atoms with Crippen LogP contribution in [0, 0.1) is 5.82 Å². The van der Waals surface area contributed by atoms with E-state index in [1.54, 1.807) is 36.4 Å². The number of amides is 1. The number of benzene rings is 2. The number of fused-ring (bicyclic) bond motifs is 1. The number of hydrogen-bond acceptors (Lipinski definition) is 8. The molecule has 1 saturated heterocycles. The van der Waals surface area contributed by atoms with E-state index in [2.05, 4.69) is 24.7 Å². The van der Waals surface area contributed by atoms with Gasteiger partial charge < -0.3 is 19.4 Å². The zero-order valence-corrected chi connectivity index (χ0v) is 22.7. The molecule has 2 aliphatic heterocycles. The van der Waals surface area contributed by atoms with E-state index in [-0.39, 0.29) is 37.2 Å². The molecule has 0 aliphatic carbocycles. The molecule has 39 heavy (non-hydrogen) atoms. The Bertz CT molecular complexity index is 1440. The summed E-state index contributed by atoms with van der Waals surface area (Å²) < 4.78 is 46.6. The van der Waals surface area contributed by atoms with E-state index in [1.165, 1.54) is 25.3 Å². The van der Waals surface area contributed by atoms with Crippen molar-refractivity contribution in [3.8, 4) is 5.88 Å². The average Bonchev–Trinajstić information content (AvgIpc) is 2.96. The lowest BCUT2D eigenvalue weighted by atomic mass is 9.99. The minimum atomic E-state index is -3.83. The van der Waals surface area contributed by atoms with E-state index < -0.39 is 10.0 Å². The van der Waals surface area contributed by atoms with Crippen molar-refractivity contribution < 1.29 is 25.2 Å². The molecule has 210 valence electrons. The number of hydrogen-bond donors (Lipinski definition) is 1. The topological polar surface area (TPSA) is 108 Å². The molecular weight excluding hydrogens is 523 g/mol. The maximum absolute atomic E-state index is 13.7. The monoisotopic (exact) mass is 558 g/mol. The molecule has 0 radical (unpaired) electrons. The quantitative estimate of drug-likeness (QED) is 0.470. The molecule has 1 aromatic heterocycles. The predicted molar refractivity (Wildman–Crippen MR) is 150 cm³/mol. The van der Waals surface area contributed by atoms with Gasteiger partial charge in [-0.25, -0.2) is 12.8 Å². The Morgan fingerprint density at radius 3 is 2.44 bits per heavy atom. The second kappa shape index (κ2) is 11.0. The van der Waals surface area contributed by atoms with Crippen LogP contribution in [0.5, 0.6) is 5.88 Å². The molecule has 1 N–H and O–H groups in total. The van der Waals surface area contributed by atoms with Gasteiger partial charge in [0.05, 0.1) is 12.0 Å². The van der Waals surface area contributed by atoms with Gasteiger partial charge in [0.15, 0.2) is 5.82 Å². The van der Waals surface area contributed by atoms with E-state index in [9.17, 15) is 17.6 Å². The number of ether oxygens (including phenoxy) is 1. The number of anilines is 3. The van der Waals surface area contributed by atoms with Crippen molar-refractivity contribution in [2.75, 3.05) is 54.4 Å². The fourth-order valence-corrected chi connectivity index (χ4v) is 6.09. The summed E-state index contributed by atoms with van der Waals surface area (Å²) in [5.74, 6) is 0.183. The van der Waals surface area contributed by atoms with Crippen LogP contribution < -0.4 is 19.3 Å². The van der Waals surface area contributed by atoms with Crippen LogP contribution in [0.3, 0.4) is 0 Å². The Labute approximate surface area is 230 Å². The van der Waals surface area contributed by atoms with E-state index in [4.69, 9.17) is 4.74 Å². The van der Waals surface area contributed by atoms with Crippen LogP contribution in [0.25, 0.3) is 0 Å². The largest absolute Gasteiger partial charge is 0.480 e. The second-order valence-electron chi connectivity index (χ2n) is 9.62. The molecule has 1 amide bonds. The Morgan fingerprint density at radius 1 is 1.03 bits per heavy atom. The van der Waals surface area contributed by atoms with Crippen molar-refractivity contribution >= 4 is 33.1 Å². The molecule has 3 aromatic rings. The minimum absolute atomic E-state index is 0. The Hall–Kier alpha value is -3.93. The van der Waals surface area contributed by atoms with Crippen molar-refractivity contribution in [1.82, 2.24) is 15.1 Å². The first-order valence-corrected chi connectivity index (χ1v) is 14.3. The molecule has 1 fully saturated rings. The number of nitrogens with zero attached hydrogens (tertiary/aromatic N) is 5. The molecule has 2 aliphatic rings. The lowest BCUT2D eigenvalue weighted by molar-refractivity contribution is -0.132. The van der Waals surface area contributed by atoms with Gasteiger partial charge in [-0.05, 0) is 73.9 Å². The third-order valence-electron chi connectivity index (χ3n) is 7.21. The van der Waals surface area contributed by atoms with E-state index in [1.807, 2.05) is 11.8 Å². The molecule has 0 bridgehead atoms. The van der Waals surface area contributed by atoms with Crippen LogP contribution in [0.1, 0.15) is 21.8 Å². The number of aromatic nitrogens is 2. The van der Waals surface area contributed by atoms with Crippen molar-refractivity contribution in [3.63, 3.8) is 0 Å². The van der Waals surface area contributed by atoms with Crippen molar-refractivity contribution in [1.29, 1.82) is 0 Å². The molecule has 12 heteroatoms. The summed E-state index contributed by atoms with van der Waals surface area (Å²) in [4.78, 5) is 19.5. The first-order valence-electron chi connectivity index (χ1n) is 12.8. The number of halogens is 1. The molecule has 10 nitrogen and oxygen atoms in total. The van der Waals surface area contributed by atoms with Gasteiger partial charge in [-0.2, -0.15) is 0 Å². The summed E-state index contributed by atoms with van der Waals surface area (Å²) in [6.45, 7) is 5.06. The Morgan fingerprint density at radius 2 is 1.77 bits per heavy atom. The van der Waals surface area contributed by atoms with Crippen LogP contribution >= 0.6 is 0 Å². The number of carbonyl (C=O) groups excluding carboxylic acids is 1. The molecule has 0 saturated carbocycles. The Balaban J connectivity index is 0.00000231. The van der Waals surface area contributed by atoms with Crippen molar-refractivity contribution in [2.45, 2.75) is 30.7 Å². The number of sulfonamides is 1. The highest BCUT2D eigenvalue weighted by Crippen LogP contribution is 2.30. The SMILES string of the molecule is COc1ccc(NS(=O)(=O)c2ccc(N3CCN(C(=O)[C@H](C)N4CCCc5cc(F)ccc54)CC3)cc2)nn1.[HH].[HH]. The number of piperazine rings is 1. The van der Waals surface area contributed by atoms with Crippen LogP contribution in [-0.2, 0) is 21.2 Å². The summed E-state index contributed by atoms with van der Waals surface area (Å²) in [5, 5.41) is 7.57. The predicted octanol–water partition coefficient (Wildman–Crippen LogP) is 3.41. The summed E-state index contributed by atoms with van der Waals surface area (Å²) >= 11 is 0. The highest BCUT2D eigenvalue weighted by atomic mass is 32.2. The van der Waals surface area contributed by atoms with Gasteiger partial charge in [0, 0.05) is 53.0 Å². The molecule has 0 unspecified atom stereocenters. The fourth-order valence-electron chi connectivity index (χ4n) is 5.10. The van der Waals surface area contributed by atoms with Gasteiger partial charge in [-0.3, -0.25) is 9.52 Å². The highest BCUT2D eigenvalue weighted by molar-refractivity contribution is 7.92. The highest BCUT2D eigenvalue weighted by Gasteiger charge is 2.31. The maximum Gasteiger partial charge on any atom is 0.263 e. The second-order valence-corrected chi connectivity index (χ2v) is 11.3. The van der Waals surface area contributed by atoms with E-state index in [0.29, 0.717) is 26.2 Å². The summed E-state index contributed by atoms with van der Waals surface area (Å²) in [6, 6.07) is 14.1. The molecule has 1 atom stereocenters. The lowest BCUT2D eigenvalue weighted by Crippen LogP contribution is -2.55. The number of methoxy groups -OCH3 is 1. The number of rotatable bonds is 7. The van der Waals surface area contributed by atoms with Gasteiger partial charge >= 0.3 is 0 Å². The van der Waals surface area contributed by atoms with Crippen LogP contribution in [0.15, 0.2) is 59.5 Å². The summed E-state index contributed by atoms with van der Waals surface area (Å²) in [7, 11) is -2.38. The minimum Gasteiger partial charge on any atom is -0.480 e. The number of carbonyl (C=O) groups is 1. The average molecular weight is 559 g/mol. The number of aryl methyl sites for hydroxylation is 1. The Kier molecular flexibility index (Phi) is 7.56. The van der Waals surface area contributed by atoms with Gasteiger partial charge in [0.1, 0.15) is 11.9 Å². The summed E-state index contributed by atoms with van der Waals surface area (Å²) in [6.07, 6.45) is 1.70. The zero-order chi connectivity index (χ0) is 27.6. The normalized spacial score (nSPS) is 16.4. The lowest BCUT2D eigenvalue weighted by Gasteiger charge is -2.41. The van der Waals surface area contributed by atoms with Gasteiger partial charge in [-0.1, -0.05) is 0 Å². The van der Waals surface area contributed by atoms with E-state index in [0.717, 1.165) is 36.3 Å². The fraction of sp³-hybridized carbons (Fsp3) is 0.370. The van der Waals surface area contributed by atoms with Crippen LogP contribution in [-0.4, -0.2) is 75.3 Å². The maximum atomic E-state index is 13.7. The molecule has 2 aromatic carbocycles. The molecule has 0 spiro atoms. The van der Waals surface area contributed by atoms with Gasteiger partial charge in [0.25, 0.3) is 10.0 Å². The standard InChI is InChI=1S/C27H31FN6O4S.2H2/c1-19(34-13-3-4-20-18-21(28)5-10-24(20)34)27(35)33-16-14-32(15-17-33)22-6-8-23(9-7-22)39(36,37)31-25-11-12-26(38-2)30-29-25;;/h5-12,18-19H,3-4,13-17H2,1-2H3,(H,29,31);2*1H/t19-;;/m0../s1. The van der Waals surface area contributed by atoms with E-state index >= 15 is 0 Å². The molecule has 5 rings (SSSR count). The van der Waals surface area contributed by atoms with Crippen LogP contribution in [0.2, 0.25) is 0 Å². The van der Waals surface area contributed by atoms with Crippen molar-refractivity contribution in [3.05, 3.63) is 66.0 Å². The van der Waals surface area contributed by atoms with Crippen LogP contribution in [0.4, 0.5) is 21.6 Å². The molecular formula is C27H35FN6O4S. The third kappa shape index (κ3) is 5.75. The van der Waals surface area contributed by atoms with Gasteiger partial charge in [-0.15, -0.1) is 10.2 Å². The molecule has 3 heterocycles. The zero-order valence-electron chi connectivity index (χ0n) is 21.9. The summed E-state index contributed by atoms with van der Waals surface area (Å²) in [5.41, 5.74) is 2.76. The first-order chi connectivity index (χ1) is 18.7. The van der Waals surface area contributed by atoms with Crippen molar-refractivity contribution in [2.24, 2.45) is 0 Å². The number of nitrogens with one attached hydrogen (secondary N) is 1. The smallest absolute Gasteiger partial charge is 0.263 e. The third-order valence-corrected chi connectivity index (χ3v) is 8.58. The van der Waals surface area contributed by atoms with Gasteiger partial charge in [0.2, 0.25) is 11.8 Å². The first kappa shape index (κ1) is 26.7.